The second-order valence-corrected chi connectivity index (χ2v) is 5.68. The van der Waals surface area contributed by atoms with Crippen molar-refractivity contribution in [1.29, 1.82) is 0 Å². The van der Waals surface area contributed by atoms with Crippen LogP contribution in [0.4, 0.5) is 0 Å². The van der Waals surface area contributed by atoms with E-state index < -0.39 is 6.10 Å². The molecule has 3 N–H and O–H groups in total. The highest BCUT2D eigenvalue weighted by Gasteiger charge is 2.15. The van der Waals surface area contributed by atoms with Crippen molar-refractivity contribution in [2.24, 2.45) is 0 Å². The van der Waals surface area contributed by atoms with Crippen molar-refractivity contribution in [3.05, 3.63) is 71.8 Å². The van der Waals surface area contributed by atoms with E-state index in [-0.39, 0.29) is 24.4 Å². The van der Waals surface area contributed by atoms with E-state index in [9.17, 15) is 14.7 Å². The minimum Gasteiger partial charge on any atom is -0.388 e. The number of nitrogens with one attached hydrogen (secondary N) is 2. The topological polar surface area (TPSA) is 78.4 Å². The average molecular weight is 326 g/mol. The van der Waals surface area contributed by atoms with Crippen LogP contribution in [-0.2, 0) is 4.79 Å². The molecule has 0 radical (unpaired) electrons. The molecule has 126 valence electrons. The van der Waals surface area contributed by atoms with Gasteiger partial charge in [0.05, 0.1) is 12.6 Å². The predicted octanol–water partition coefficient (Wildman–Crippen LogP) is 2.04. The van der Waals surface area contributed by atoms with Crippen LogP contribution in [0, 0.1) is 0 Å². The molecule has 0 aliphatic carbocycles. The van der Waals surface area contributed by atoms with Gasteiger partial charge in [0.1, 0.15) is 0 Å². The highest BCUT2D eigenvalue weighted by Crippen LogP contribution is 2.17. The third-order valence-electron chi connectivity index (χ3n) is 3.61. The molecular formula is C19H22N2O3. The van der Waals surface area contributed by atoms with Crippen molar-refractivity contribution in [1.82, 2.24) is 10.6 Å². The third kappa shape index (κ3) is 5.52. The van der Waals surface area contributed by atoms with Gasteiger partial charge in [-0.25, -0.2) is 0 Å². The fraction of sp³-hybridized carbons (Fsp3) is 0.263. The molecule has 0 aromatic heterocycles. The zero-order valence-electron chi connectivity index (χ0n) is 13.6. The molecule has 2 unspecified atom stereocenters. The molecule has 5 heteroatoms. The second kappa shape index (κ2) is 8.84. The van der Waals surface area contributed by atoms with Gasteiger partial charge in [-0.15, -0.1) is 0 Å². The van der Waals surface area contributed by atoms with Gasteiger partial charge in [0.15, 0.2) is 0 Å². The maximum atomic E-state index is 11.9. The van der Waals surface area contributed by atoms with E-state index >= 15 is 0 Å². The maximum Gasteiger partial charge on any atom is 0.251 e. The minimum atomic E-state index is -0.639. The first-order chi connectivity index (χ1) is 11.6. The minimum absolute atomic E-state index is 0.0977. The molecule has 0 fully saturated rings. The Labute approximate surface area is 141 Å². The fourth-order valence-electron chi connectivity index (χ4n) is 2.38. The molecule has 0 spiro atoms. The van der Waals surface area contributed by atoms with E-state index in [2.05, 4.69) is 10.6 Å². The summed E-state index contributed by atoms with van der Waals surface area (Å²) in [6.45, 7) is 1.72. The third-order valence-corrected chi connectivity index (χ3v) is 3.61. The van der Waals surface area contributed by atoms with Crippen LogP contribution in [0.1, 0.15) is 35.4 Å². The maximum absolute atomic E-state index is 11.9. The number of aliphatic hydroxyl groups is 1. The Hall–Kier alpha value is -2.66. The van der Waals surface area contributed by atoms with Crippen LogP contribution >= 0.6 is 0 Å². The Kier molecular flexibility index (Phi) is 6.51. The molecular weight excluding hydrogens is 304 g/mol. The lowest BCUT2D eigenvalue weighted by Gasteiger charge is -2.18. The Balaban J connectivity index is 1.74. The number of aliphatic hydroxyl groups excluding tert-OH is 1. The lowest BCUT2D eigenvalue weighted by Crippen LogP contribution is -2.41. The summed E-state index contributed by atoms with van der Waals surface area (Å²) < 4.78 is 0. The highest BCUT2D eigenvalue weighted by molar-refractivity contribution is 5.96. The van der Waals surface area contributed by atoms with E-state index in [1.54, 1.807) is 24.3 Å². The first-order valence-electron chi connectivity index (χ1n) is 7.92. The van der Waals surface area contributed by atoms with Gasteiger partial charge in [0.25, 0.3) is 5.91 Å². The number of hydrogen-bond donors (Lipinski definition) is 3. The zero-order chi connectivity index (χ0) is 17.4. The van der Waals surface area contributed by atoms with E-state index in [4.69, 9.17) is 0 Å². The van der Waals surface area contributed by atoms with Crippen LogP contribution in [0.5, 0.6) is 0 Å². The monoisotopic (exact) mass is 326 g/mol. The van der Waals surface area contributed by atoms with Crippen molar-refractivity contribution in [3.8, 4) is 0 Å². The van der Waals surface area contributed by atoms with Crippen LogP contribution in [0.25, 0.3) is 0 Å². The largest absolute Gasteiger partial charge is 0.388 e. The van der Waals surface area contributed by atoms with E-state index in [0.29, 0.717) is 12.0 Å². The molecule has 0 aliphatic rings. The SMILES string of the molecule is CC(CC(O)c1ccccc1)NC(=O)CNC(=O)c1ccccc1. The summed E-state index contributed by atoms with van der Waals surface area (Å²) in [5, 5.41) is 15.5. The molecule has 0 bridgehead atoms. The molecule has 0 aliphatic heterocycles. The number of hydrogen-bond acceptors (Lipinski definition) is 3. The van der Waals surface area contributed by atoms with Crippen molar-refractivity contribution in [2.75, 3.05) is 6.54 Å². The molecule has 2 rings (SSSR count). The van der Waals surface area contributed by atoms with Crippen LogP contribution in [0.2, 0.25) is 0 Å². The molecule has 2 amide bonds. The standard InChI is InChI=1S/C19H22N2O3/c1-14(12-17(22)15-8-4-2-5-9-15)21-18(23)13-20-19(24)16-10-6-3-7-11-16/h2-11,14,17,22H,12-13H2,1H3,(H,20,24)(H,21,23). The van der Waals surface area contributed by atoms with Crippen LogP contribution in [-0.4, -0.2) is 29.5 Å². The Morgan fingerprint density at radius 3 is 2.21 bits per heavy atom. The fourth-order valence-corrected chi connectivity index (χ4v) is 2.38. The first-order valence-corrected chi connectivity index (χ1v) is 7.92. The van der Waals surface area contributed by atoms with Crippen molar-refractivity contribution in [2.45, 2.75) is 25.5 Å². The number of rotatable bonds is 7. The zero-order valence-corrected chi connectivity index (χ0v) is 13.6. The summed E-state index contributed by atoms with van der Waals surface area (Å²) in [6.07, 6.45) is -0.233. The summed E-state index contributed by atoms with van der Waals surface area (Å²) in [4.78, 5) is 23.8. The van der Waals surface area contributed by atoms with Crippen molar-refractivity contribution >= 4 is 11.8 Å². The van der Waals surface area contributed by atoms with Gasteiger partial charge in [-0.1, -0.05) is 48.5 Å². The number of carbonyl (C=O) groups excluding carboxylic acids is 2. The van der Waals surface area contributed by atoms with E-state index in [0.717, 1.165) is 5.56 Å². The first kappa shape index (κ1) is 17.7. The molecule has 5 nitrogen and oxygen atoms in total. The summed E-state index contributed by atoms with van der Waals surface area (Å²) >= 11 is 0. The Bertz CT molecular complexity index is 659. The lowest BCUT2D eigenvalue weighted by molar-refractivity contribution is -0.120. The number of carbonyl (C=O) groups is 2. The molecule has 0 saturated carbocycles. The predicted molar refractivity (Wildman–Crippen MR) is 92.4 cm³/mol. The molecule has 0 heterocycles. The molecule has 2 aromatic rings. The summed E-state index contributed by atoms with van der Waals surface area (Å²) in [5.41, 5.74) is 1.33. The molecule has 2 atom stereocenters. The molecule has 0 saturated heterocycles. The van der Waals surface area contributed by atoms with Gasteiger partial charge in [-0.05, 0) is 31.0 Å². The van der Waals surface area contributed by atoms with Crippen LogP contribution < -0.4 is 10.6 Å². The number of amides is 2. The van der Waals surface area contributed by atoms with Gasteiger partial charge in [-0.2, -0.15) is 0 Å². The smallest absolute Gasteiger partial charge is 0.251 e. The van der Waals surface area contributed by atoms with Crippen molar-refractivity contribution in [3.63, 3.8) is 0 Å². The highest BCUT2D eigenvalue weighted by atomic mass is 16.3. The Morgan fingerprint density at radius 2 is 1.58 bits per heavy atom. The molecule has 2 aromatic carbocycles. The van der Waals surface area contributed by atoms with Gasteiger partial charge in [0, 0.05) is 11.6 Å². The van der Waals surface area contributed by atoms with Crippen molar-refractivity contribution < 1.29 is 14.7 Å². The van der Waals surface area contributed by atoms with Crippen LogP contribution in [0.15, 0.2) is 60.7 Å². The average Bonchev–Trinajstić information content (AvgIpc) is 2.61. The van der Waals surface area contributed by atoms with Gasteiger partial charge >= 0.3 is 0 Å². The normalized spacial score (nSPS) is 12.9. The van der Waals surface area contributed by atoms with Gasteiger partial charge in [-0.3, -0.25) is 9.59 Å². The molecule has 24 heavy (non-hydrogen) atoms. The lowest BCUT2D eigenvalue weighted by atomic mass is 10.0. The van der Waals surface area contributed by atoms with Gasteiger partial charge in [0.2, 0.25) is 5.91 Å². The van der Waals surface area contributed by atoms with Gasteiger partial charge < -0.3 is 15.7 Å². The second-order valence-electron chi connectivity index (χ2n) is 5.68. The summed E-state index contributed by atoms with van der Waals surface area (Å²) in [5.74, 6) is -0.574. The number of benzene rings is 2. The summed E-state index contributed by atoms with van der Waals surface area (Å²) in [7, 11) is 0. The summed E-state index contributed by atoms with van der Waals surface area (Å²) in [6, 6.07) is 17.8. The quantitative estimate of drug-likeness (QED) is 0.728. The van der Waals surface area contributed by atoms with E-state index in [1.165, 1.54) is 0 Å². The Morgan fingerprint density at radius 1 is 1.00 bits per heavy atom. The van der Waals surface area contributed by atoms with Crippen LogP contribution in [0.3, 0.4) is 0 Å². The van der Waals surface area contributed by atoms with E-state index in [1.807, 2.05) is 43.3 Å².